The van der Waals surface area contributed by atoms with Crippen molar-refractivity contribution in [3.05, 3.63) is 58.7 Å². The van der Waals surface area contributed by atoms with Crippen molar-refractivity contribution in [1.29, 1.82) is 0 Å². The van der Waals surface area contributed by atoms with Crippen molar-refractivity contribution in [2.75, 3.05) is 13.1 Å². The summed E-state index contributed by atoms with van der Waals surface area (Å²) in [5.74, 6) is 0.0590. The third kappa shape index (κ3) is 6.33. The molecule has 0 saturated carbocycles. The summed E-state index contributed by atoms with van der Waals surface area (Å²) in [6, 6.07) is 11.2. The number of carbonyl (C=O) groups excluding carboxylic acids is 2. The highest BCUT2D eigenvalue weighted by atomic mass is 16.6. The average Bonchev–Trinajstić information content (AvgIpc) is 2.71. The summed E-state index contributed by atoms with van der Waals surface area (Å²) in [6.45, 7) is 15.1. The monoisotopic (exact) mass is 425 g/mol. The first-order valence-corrected chi connectivity index (χ1v) is 11.0. The highest BCUT2D eigenvalue weighted by Gasteiger charge is 2.24. The van der Waals surface area contributed by atoms with Crippen LogP contribution >= 0.6 is 0 Å². The van der Waals surface area contributed by atoms with Crippen molar-refractivity contribution in [2.24, 2.45) is 0 Å². The zero-order chi connectivity index (χ0) is 23.2. The maximum Gasteiger partial charge on any atom is 0.415 e. The smallest absolute Gasteiger partial charge is 0.415 e. The summed E-state index contributed by atoms with van der Waals surface area (Å²) in [5, 5.41) is 0. The predicted octanol–water partition coefficient (Wildman–Crippen LogP) is 6.30. The van der Waals surface area contributed by atoms with Crippen LogP contribution in [0.15, 0.2) is 36.4 Å². The molecule has 2 rings (SSSR count). The van der Waals surface area contributed by atoms with E-state index >= 15 is 0 Å². The van der Waals surface area contributed by atoms with Gasteiger partial charge in [0.05, 0.1) is 5.56 Å². The minimum atomic E-state index is -0.477. The number of benzene rings is 2. The van der Waals surface area contributed by atoms with Crippen LogP contribution in [0.1, 0.15) is 75.0 Å². The van der Waals surface area contributed by atoms with Crippen molar-refractivity contribution >= 4 is 12.1 Å². The SMILES string of the molecule is CCCc1ccc(C(=O)Oc2c(C)cc(C(C)(C)C)cc2OC(=O)N(CC)CC)cc1. The molecule has 0 N–H and O–H groups in total. The van der Waals surface area contributed by atoms with E-state index in [1.54, 1.807) is 23.1 Å². The number of hydrogen-bond acceptors (Lipinski definition) is 4. The van der Waals surface area contributed by atoms with E-state index in [4.69, 9.17) is 9.47 Å². The molecule has 0 aromatic heterocycles. The van der Waals surface area contributed by atoms with E-state index < -0.39 is 12.1 Å². The summed E-state index contributed by atoms with van der Waals surface area (Å²) in [7, 11) is 0. The number of nitrogens with zero attached hydrogens (tertiary/aromatic N) is 1. The van der Waals surface area contributed by atoms with E-state index in [-0.39, 0.29) is 16.9 Å². The van der Waals surface area contributed by atoms with Crippen LogP contribution in [0.4, 0.5) is 4.79 Å². The minimum Gasteiger partial charge on any atom is -0.419 e. The number of esters is 1. The van der Waals surface area contributed by atoms with Gasteiger partial charge in [-0.2, -0.15) is 0 Å². The Hall–Kier alpha value is -2.82. The summed E-state index contributed by atoms with van der Waals surface area (Å²) in [4.78, 5) is 27.0. The second-order valence-corrected chi connectivity index (χ2v) is 8.75. The lowest BCUT2D eigenvalue weighted by Gasteiger charge is -2.24. The Kier molecular flexibility index (Phi) is 8.26. The fraction of sp³-hybridized carbons (Fsp3) is 0.462. The molecule has 0 atom stereocenters. The van der Waals surface area contributed by atoms with Crippen LogP contribution in [-0.2, 0) is 11.8 Å². The van der Waals surface area contributed by atoms with Crippen molar-refractivity contribution in [3.63, 3.8) is 0 Å². The third-order valence-electron chi connectivity index (χ3n) is 5.25. The van der Waals surface area contributed by atoms with Crippen LogP contribution < -0.4 is 9.47 Å². The molecule has 0 heterocycles. The second kappa shape index (κ2) is 10.5. The van der Waals surface area contributed by atoms with Gasteiger partial charge in [0.15, 0.2) is 11.5 Å². The molecule has 0 spiro atoms. The molecule has 0 aliphatic carbocycles. The lowest BCUT2D eigenvalue weighted by atomic mass is 9.86. The van der Waals surface area contributed by atoms with Gasteiger partial charge >= 0.3 is 12.1 Å². The first-order valence-electron chi connectivity index (χ1n) is 11.0. The van der Waals surface area contributed by atoms with Crippen molar-refractivity contribution in [3.8, 4) is 11.5 Å². The van der Waals surface area contributed by atoms with Crippen LogP contribution in [0.5, 0.6) is 11.5 Å². The largest absolute Gasteiger partial charge is 0.419 e. The molecule has 0 fully saturated rings. The normalized spacial score (nSPS) is 11.2. The summed E-state index contributed by atoms with van der Waals surface area (Å²) in [6.07, 6.45) is 1.55. The molecule has 1 amide bonds. The molecule has 5 heteroatoms. The van der Waals surface area contributed by atoms with Crippen molar-refractivity contribution in [1.82, 2.24) is 4.90 Å². The van der Waals surface area contributed by atoms with Crippen molar-refractivity contribution < 1.29 is 19.1 Å². The van der Waals surface area contributed by atoms with Gasteiger partial charge in [0, 0.05) is 13.1 Å². The molecule has 2 aromatic carbocycles. The Morgan fingerprint density at radius 3 is 2.06 bits per heavy atom. The van der Waals surface area contributed by atoms with Gasteiger partial charge in [0.2, 0.25) is 0 Å². The van der Waals surface area contributed by atoms with Crippen LogP contribution in [0.3, 0.4) is 0 Å². The minimum absolute atomic E-state index is 0.154. The van der Waals surface area contributed by atoms with Gasteiger partial charge in [-0.15, -0.1) is 0 Å². The molecule has 0 aliphatic rings. The molecule has 5 nitrogen and oxygen atoms in total. The fourth-order valence-electron chi connectivity index (χ4n) is 3.27. The molecule has 0 bridgehead atoms. The van der Waals surface area contributed by atoms with Crippen LogP contribution in [0.25, 0.3) is 0 Å². The van der Waals surface area contributed by atoms with Gasteiger partial charge in [-0.3, -0.25) is 0 Å². The number of hydrogen-bond donors (Lipinski definition) is 0. The van der Waals surface area contributed by atoms with E-state index in [2.05, 4.69) is 27.7 Å². The lowest BCUT2D eigenvalue weighted by Crippen LogP contribution is -2.33. The Morgan fingerprint density at radius 2 is 1.55 bits per heavy atom. The Morgan fingerprint density at radius 1 is 0.935 bits per heavy atom. The Balaban J connectivity index is 2.40. The topological polar surface area (TPSA) is 55.8 Å². The number of amides is 1. The number of rotatable bonds is 7. The molecule has 168 valence electrons. The van der Waals surface area contributed by atoms with Crippen molar-refractivity contribution in [2.45, 2.75) is 66.7 Å². The molecule has 0 unspecified atom stereocenters. The number of ether oxygens (including phenoxy) is 2. The van der Waals surface area contributed by atoms with Crippen LogP contribution in [0, 0.1) is 6.92 Å². The maximum absolute atomic E-state index is 12.8. The van der Waals surface area contributed by atoms with Gasteiger partial charge in [-0.25, -0.2) is 9.59 Å². The Bertz CT molecular complexity index is 906. The Labute approximate surface area is 186 Å². The highest BCUT2D eigenvalue weighted by molar-refractivity contribution is 5.91. The quantitative estimate of drug-likeness (QED) is 0.385. The predicted molar refractivity (Wildman–Crippen MR) is 124 cm³/mol. The van der Waals surface area contributed by atoms with Gasteiger partial charge in [0.1, 0.15) is 0 Å². The van der Waals surface area contributed by atoms with E-state index in [1.807, 2.05) is 39.0 Å². The highest BCUT2D eigenvalue weighted by Crippen LogP contribution is 2.37. The van der Waals surface area contributed by atoms with E-state index in [0.717, 1.165) is 24.0 Å². The summed E-state index contributed by atoms with van der Waals surface area (Å²) < 4.78 is 11.4. The first kappa shape index (κ1) is 24.4. The number of carbonyl (C=O) groups is 2. The zero-order valence-electron chi connectivity index (χ0n) is 19.9. The van der Waals surface area contributed by atoms with E-state index in [0.29, 0.717) is 18.7 Å². The molecule has 2 aromatic rings. The fourth-order valence-corrected chi connectivity index (χ4v) is 3.27. The standard InChI is InChI=1S/C26H35NO4/c1-8-11-19-12-14-20(15-13-19)24(28)31-23-18(4)16-21(26(5,6)7)17-22(23)30-25(29)27(9-2)10-3/h12-17H,8-11H2,1-7H3. The molecular formula is C26H35NO4. The van der Waals surface area contributed by atoms with E-state index in [1.165, 1.54) is 5.56 Å². The zero-order valence-corrected chi connectivity index (χ0v) is 19.9. The van der Waals surface area contributed by atoms with E-state index in [9.17, 15) is 9.59 Å². The summed E-state index contributed by atoms with van der Waals surface area (Å²) in [5.41, 5.74) is 3.22. The maximum atomic E-state index is 12.8. The second-order valence-electron chi connectivity index (χ2n) is 8.75. The van der Waals surface area contributed by atoms with Crippen LogP contribution in [0.2, 0.25) is 0 Å². The first-order chi connectivity index (χ1) is 14.6. The molecular weight excluding hydrogens is 390 g/mol. The van der Waals surface area contributed by atoms with Crippen LogP contribution in [-0.4, -0.2) is 30.1 Å². The van der Waals surface area contributed by atoms with Gasteiger partial charge in [-0.05, 0) is 67.5 Å². The molecule has 31 heavy (non-hydrogen) atoms. The van der Waals surface area contributed by atoms with Gasteiger partial charge < -0.3 is 14.4 Å². The third-order valence-corrected chi connectivity index (χ3v) is 5.25. The summed E-state index contributed by atoms with van der Waals surface area (Å²) >= 11 is 0. The van der Waals surface area contributed by atoms with Gasteiger partial charge in [0.25, 0.3) is 0 Å². The average molecular weight is 426 g/mol. The molecule has 0 saturated heterocycles. The molecule has 0 radical (unpaired) electrons. The van der Waals surface area contributed by atoms with Gasteiger partial charge in [-0.1, -0.05) is 52.3 Å². The lowest BCUT2D eigenvalue weighted by molar-refractivity contribution is 0.0726. The number of aryl methyl sites for hydroxylation is 2. The molecule has 0 aliphatic heterocycles.